The topological polar surface area (TPSA) is 20.3 Å². The molecule has 0 saturated carbocycles. The van der Waals surface area contributed by atoms with Crippen LogP contribution in [0.1, 0.15) is 12.0 Å². The molecule has 1 fully saturated rings. The van der Waals surface area contributed by atoms with Crippen LogP contribution in [0.4, 0.5) is 0 Å². The van der Waals surface area contributed by atoms with Gasteiger partial charge in [0.2, 0.25) is 5.91 Å². The molecule has 0 spiro atoms. The fraction of sp³-hybridized carbons (Fsp3) is 0.312. The Bertz CT molecular complexity index is 529. The summed E-state index contributed by atoms with van der Waals surface area (Å²) in [6.45, 7) is 0.774. The van der Waals surface area contributed by atoms with Gasteiger partial charge in [-0.2, -0.15) is 0 Å². The van der Waals surface area contributed by atoms with Gasteiger partial charge in [0.15, 0.2) is 0 Å². The zero-order valence-electron chi connectivity index (χ0n) is 10.6. The summed E-state index contributed by atoms with van der Waals surface area (Å²) in [6, 6.07) is 10.3. The van der Waals surface area contributed by atoms with Crippen LogP contribution < -0.4 is 0 Å². The molecular formula is C16H17NO. The SMILES string of the molecule is CN1CC2=CCC=CC2(Cc2ccccc2)C1=O. The second-order valence-electron chi connectivity index (χ2n) is 5.16. The number of hydrogen-bond donors (Lipinski definition) is 0. The molecular weight excluding hydrogens is 222 g/mol. The molecule has 1 heterocycles. The lowest BCUT2D eigenvalue weighted by Crippen LogP contribution is -2.34. The Labute approximate surface area is 108 Å². The average molecular weight is 239 g/mol. The van der Waals surface area contributed by atoms with Crippen molar-refractivity contribution in [1.82, 2.24) is 4.90 Å². The molecule has 2 aliphatic rings. The van der Waals surface area contributed by atoms with E-state index in [-0.39, 0.29) is 5.91 Å². The van der Waals surface area contributed by atoms with Crippen molar-refractivity contribution in [2.24, 2.45) is 5.41 Å². The van der Waals surface area contributed by atoms with E-state index in [1.807, 2.05) is 30.1 Å². The molecule has 1 aliphatic carbocycles. The van der Waals surface area contributed by atoms with E-state index in [0.717, 1.165) is 19.4 Å². The third-order valence-electron chi connectivity index (χ3n) is 3.94. The summed E-state index contributed by atoms with van der Waals surface area (Å²) < 4.78 is 0. The van der Waals surface area contributed by atoms with Crippen molar-refractivity contribution in [3.05, 3.63) is 59.7 Å². The fourth-order valence-electron chi connectivity index (χ4n) is 3.02. The molecule has 0 radical (unpaired) electrons. The van der Waals surface area contributed by atoms with Gasteiger partial charge in [-0.25, -0.2) is 0 Å². The Hall–Kier alpha value is -1.83. The van der Waals surface area contributed by atoms with E-state index in [1.165, 1.54) is 11.1 Å². The highest BCUT2D eigenvalue weighted by molar-refractivity contribution is 5.92. The molecule has 0 aromatic heterocycles. The minimum absolute atomic E-state index is 0.230. The lowest BCUT2D eigenvalue weighted by Gasteiger charge is -2.27. The number of likely N-dealkylation sites (N-methyl/N-ethyl adjacent to an activating group) is 1. The van der Waals surface area contributed by atoms with Crippen LogP contribution in [-0.4, -0.2) is 24.4 Å². The number of benzene rings is 1. The minimum atomic E-state index is -0.408. The highest BCUT2D eigenvalue weighted by Gasteiger charge is 2.47. The largest absolute Gasteiger partial charge is 0.341 e. The predicted octanol–water partition coefficient (Wildman–Crippen LogP) is 2.57. The number of rotatable bonds is 2. The number of hydrogen-bond acceptors (Lipinski definition) is 1. The van der Waals surface area contributed by atoms with Gasteiger partial charge in [-0.3, -0.25) is 4.79 Å². The second kappa shape index (κ2) is 4.13. The van der Waals surface area contributed by atoms with E-state index in [1.54, 1.807) is 0 Å². The van der Waals surface area contributed by atoms with Crippen molar-refractivity contribution in [2.45, 2.75) is 12.8 Å². The summed E-state index contributed by atoms with van der Waals surface area (Å²) >= 11 is 0. The van der Waals surface area contributed by atoms with Crippen molar-refractivity contribution >= 4 is 5.91 Å². The van der Waals surface area contributed by atoms with Crippen LogP contribution in [0.15, 0.2) is 54.1 Å². The number of carbonyl (C=O) groups excluding carboxylic acids is 1. The van der Waals surface area contributed by atoms with Gasteiger partial charge in [0.25, 0.3) is 0 Å². The Morgan fingerprint density at radius 1 is 1.28 bits per heavy atom. The first-order valence-corrected chi connectivity index (χ1v) is 6.39. The average Bonchev–Trinajstić information content (AvgIpc) is 2.64. The summed E-state index contributed by atoms with van der Waals surface area (Å²) in [5.74, 6) is 0.230. The van der Waals surface area contributed by atoms with Crippen LogP contribution in [0.25, 0.3) is 0 Å². The molecule has 3 rings (SSSR count). The van der Waals surface area contributed by atoms with Crippen LogP contribution in [-0.2, 0) is 11.2 Å². The van der Waals surface area contributed by atoms with Gasteiger partial charge in [0.1, 0.15) is 0 Å². The number of nitrogens with zero attached hydrogens (tertiary/aromatic N) is 1. The maximum Gasteiger partial charge on any atom is 0.237 e. The molecule has 2 heteroatoms. The molecule has 1 amide bonds. The van der Waals surface area contributed by atoms with Crippen molar-refractivity contribution in [3.63, 3.8) is 0 Å². The van der Waals surface area contributed by atoms with E-state index in [2.05, 4.69) is 30.4 Å². The smallest absolute Gasteiger partial charge is 0.237 e. The third-order valence-corrected chi connectivity index (χ3v) is 3.94. The van der Waals surface area contributed by atoms with Crippen LogP contribution in [0.2, 0.25) is 0 Å². The first-order chi connectivity index (χ1) is 8.72. The molecule has 0 bridgehead atoms. The first-order valence-electron chi connectivity index (χ1n) is 6.39. The van der Waals surface area contributed by atoms with Crippen molar-refractivity contribution in [1.29, 1.82) is 0 Å². The van der Waals surface area contributed by atoms with Gasteiger partial charge < -0.3 is 4.90 Å². The van der Waals surface area contributed by atoms with Crippen molar-refractivity contribution < 1.29 is 4.79 Å². The van der Waals surface area contributed by atoms with Gasteiger partial charge in [0.05, 0.1) is 5.41 Å². The molecule has 1 unspecified atom stereocenters. The zero-order chi connectivity index (χ0) is 12.6. The van der Waals surface area contributed by atoms with Gasteiger partial charge in [0, 0.05) is 13.6 Å². The van der Waals surface area contributed by atoms with Crippen molar-refractivity contribution in [2.75, 3.05) is 13.6 Å². The van der Waals surface area contributed by atoms with E-state index < -0.39 is 5.41 Å². The fourth-order valence-corrected chi connectivity index (χ4v) is 3.02. The quantitative estimate of drug-likeness (QED) is 0.726. The van der Waals surface area contributed by atoms with E-state index >= 15 is 0 Å². The number of carbonyl (C=O) groups is 1. The maximum atomic E-state index is 12.5. The van der Waals surface area contributed by atoms with Gasteiger partial charge in [-0.05, 0) is 24.0 Å². The Balaban J connectivity index is 2.01. The van der Waals surface area contributed by atoms with Crippen LogP contribution in [0.5, 0.6) is 0 Å². The zero-order valence-corrected chi connectivity index (χ0v) is 10.6. The maximum absolute atomic E-state index is 12.5. The first kappa shape index (κ1) is 11.3. The second-order valence-corrected chi connectivity index (χ2v) is 5.16. The van der Waals surface area contributed by atoms with Gasteiger partial charge >= 0.3 is 0 Å². The van der Waals surface area contributed by atoms with Crippen molar-refractivity contribution in [3.8, 4) is 0 Å². The van der Waals surface area contributed by atoms with E-state index in [4.69, 9.17) is 0 Å². The Morgan fingerprint density at radius 3 is 2.83 bits per heavy atom. The third kappa shape index (κ3) is 1.60. The normalized spacial score (nSPS) is 26.2. The van der Waals surface area contributed by atoms with Crippen LogP contribution in [0, 0.1) is 5.41 Å². The predicted molar refractivity (Wildman–Crippen MR) is 72.1 cm³/mol. The number of likely N-dealkylation sites (tertiary alicyclic amines) is 1. The highest BCUT2D eigenvalue weighted by atomic mass is 16.2. The number of fused-ring (bicyclic) bond motifs is 1. The monoisotopic (exact) mass is 239 g/mol. The van der Waals surface area contributed by atoms with Gasteiger partial charge in [-0.1, -0.05) is 48.6 Å². The number of amides is 1. The van der Waals surface area contributed by atoms with Crippen LogP contribution >= 0.6 is 0 Å². The van der Waals surface area contributed by atoms with E-state index in [0.29, 0.717) is 0 Å². The minimum Gasteiger partial charge on any atom is -0.341 e. The van der Waals surface area contributed by atoms with Gasteiger partial charge in [-0.15, -0.1) is 0 Å². The summed E-state index contributed by atoms with van der Waals surface area (Å²) in [5.41, 5.74) is 2.08. The summed E-state index contributed by atoms with van der Waals surface area (Å²) in [7, 11) is 1.89. The molecule has 92 valence electrons. The Morgan fingerprint density at radius 2 is 2.06 bits per heavy atom. The molecule has 0 N–H and O–H groups in total. The lowest BCUT2D eigenvalue weighted by molar-refractivity contribution is -0.132. The standard InChI is InChI=1S/C16H17NO/c1-17-12-14-9-5-6-10-16(14,15(17)18)11-13-7-3-2-4-8-13/h2-4,6-10H,5,11-12H2,1H3. The Kier molecular flexibility index (Phi) is 2.58. The summed E-state index contributed by atoms with van der Waals surface area (Å²) in [4.78, 5) is 14.3. The molecule has 1 aromatic rings. The molecule has 1 aliphatic heterocycles. The molecule has 1 atom stereocenters. The lowest BCUT2D eigenvalue weighted by atomic mass is 9.74. The molecule has 1 aromatic carbocycles. The van der Waals surface area contributed by atoms with Crippen LogP contribution in [0.3, 0.4) is 0 Å². The highest BCUT2D eigenvalue weighted by Crippen LogP contribution is 2.43. The summed E-state index contributed by atoms with van der Waals surface area (Å²) in [5, 5.41) is 0. The summed E-state index contributed by atoms with van der Waals surface area (Å²) in [6.07, 6.45) is 8.17. The van der Waals surface area contributed by atoms with E-state index in [9.17, 15) is 4.79 Å². The number of allylic oxidation sites excluding steroid dienone is 2. The molecule has 1 saturated heterocycles. The molecule has 2 nitrogen and oxygen atoms in total. The molecule has 18 heavy (non-hydrogen) atoms.